The zero-order valence-electron chi connectivity index (χ0n) is 18.1. The number of aliphatic imine (C=N–C) groups is 1. The molecule has 2 atom stereocenters. The van der Waals surface area contributed by atoms with Crippen LogP contribution >= 0.6 is 0 Å². The van der Waals surface area contributed by atoms with E-state index in [4.69, 9.17) is 14.9 Å². The van der Waals surface area contributed by atoms with Crippen LogP contribution in [-0.4, -0.2) is 23.1 Å². The maximum atomic E-state index is 13.8. The van der Waals surface area contributed by atoms with Gasteiger partial charge in [-0.05, 0) is 59.5 Å². The number of carboxylic acid groups (broad SMARTS) is 1. The molecule has 1 heterocycles. The van der Waals surface area contributed by atoms with E-state index in [2.05, 4.69) is 5.32 Å². The van der Waals surface area contributed by atoms with E-state index in [0.29, 0.717) is 12.8 Å². The third-order valence-corrected chi connectivity index (χ3v) is 5.11. The van der Waals surface area contributed by atoms with Crippen LogP contribution in [0.2, 0.25) is 0 Å². The van der Waals surface area contributed by atoms with Gasteiger partial charge in [0.25, 0.3) is 0 Å². The van der Waals surface area contributed by atoms with Gasteiger partial charge in [-0.3, -0.25) is 4.99 Å². The molecule has 0 unspecified atom stereocenters. The van der Waals surface area contributed by atoms with E-state index in [9.17, 15) is 26.3 Å². The predicted molar refractivity (Wildman–Crippen MR) is 117 cm³/mol. The van der Waals surface area contributed by atoms with Crippen LogP contribution in [0.1, 0.15) is 35.2 Å². The molecule has 0 aromatic heterocycles. The number of hydrogen-bond donors (Lipinski definition) is 2. The van der Waals surface area contributed by atoms with Gasteiger partial charge >= 0.3 is 12.1 Å². The molecule has 3 aromatic carbocycles. The molecule has 0 radical (unpaired) electrons. The van der Waals surface area contributed by atoms with Crippen LogP contribution in [0.3, 0.4) is 0 Å². The SMILES string of the molecule is Fc1cccc(CCC2=N[C@H](c3cccc(F)c3)[C@H](c3cccc(F)c3)N2)c1.O=C(O)C(F)(F)F. The third kappa shape index (κ3) is 7.33. The molecule has 0 fully saturated rings. The predicted octanol–water partition coefficient (Wildman–Crippen LogP) is 6.15. The van der Waals surface area contributed by atoms with E-state index in [-0.39, 0.29) is 29.5 Å². The molecule has 4 nitrogen and oxygen atoms in total. The number of alkyl halides is 3. The van der Waals surface area contributed by atoms with Crippen molar-refractivity contribution in [3.05, 3.63) is 107 Å². The lowest BCUT2D eigenvalue weighted by molar-refractivity contribution is -0.192. The number of amidine groups is 1. The number of benzene rings is 3. The van der Waals surface area contributed by atoms with Gasteiger partial charge in [0.05, 0.1) is 11.9 Å². The van der Waals surface area contributed by atoms with Crippen molar-refractivity contribution in [1.82, 2.24) is 5.32 Å². The highest BCUT2D eigenvalue weighted by Crippen LogP contribution is 2.37. The molecule has 184 valence electrons. The van der Waals surface area contributed by atoms with Crippen molar-refractivity contribution in [2.45, 2.75) is 31.1 Å². The number of aryl methyl sites for hydroxylation is 1. The molecular formula is C25H20F6N2O2. The first-order chi connectivity index (χ1) is 16.5. The molecule has 2 N–H and O–H groups in total. The summed E-state index contributed by atoms with van der Waals surface area (Å²) in [4.78, 5) is 13.6. The van der Waals surface area contributed by atoms with Crippen LogP contribution in [0, 0.1) is 17.5 Å². The lowest BCUT2D eigenvalue weighted by Gasteiger charge is -2.20. The third-order valence-electron chi connectivity index (χ3n) is 5.11. The summed E-state index contributed by atoms with van der Waals surface area (Å²) < 4.78 is 72.6. The van der Waals surface area contributed by atoms with Crippen molar-refractivity contribution in [2.24, 2.45) is 4.99 Å². The van der Waals surface area contributed by atoms with E-state index in [1.165, 1.54) is 36.4 Å². The standard InChI is InChI=1S/C23H19F3N2.C2HF3O2/c24-18-7-1-4-15(12-18)10-11-21-27-22(16-5-2-8-19(25)13-16)23(28-21)17-6-3-9-20(26)14-17;3-2(4,5)1(6)7/h1-9,12-14,22-23H,10-11H2,(H,27,28);(H,6,7)/t22-,23+;. The smallest absolute Gasteiger partial charge is 0.475 e. The molecule has 0 bridgehead atoms. The fourth-order valence-electron chi connectivity index (χ4n) is 3.55. The van der Waals surface area contributed by atoms with Gasteiger partial charge in [-0.2, -0.15) is 13.2 Å². The second-order valence-corrected chi connectivity index (χ2v) is 7.69. The van der Waals surface area contributed by atoms with Crippen LogP contribution in [0.25, 0.3) is 0 Å². The molecule has 0 spiro atoms. The monoisotopic (exact) mass is 494 g/mol. The maximum absolute atomic E-state index is 13.8. The van der Waals surface area contributed by atoms with E-state index in [1.807, 2.05) is 18.2 Å². The van der Waals surface area contributed by atoms with Gasteiger partial charge in [-0.25, -0.2) is 18.0 Å². The summed E-state index contributed by atoms with van der Waals surface area (Å²) in [6.07, 6.45) is -3.88. The summed E-state index contributed by atoms with van der Waals surface area (Å²) in [6.45, 7) is 0. The van der Waals surface area contributed by atoms with Gasteiger partial charge in [-0.1, -0.05) is 36.4 Å². The van der Waals surface area contributed by atoms with E-state index in [1.54, 1.807) is 18.2 Å². The minimum atomic E-state index is -5.08. The molecule has 4 rings (SSSR count). The lowest BCUT2D eigenvalue weighted by atomic mass is 9.95. The second kappa shape index (κ2) is 11.1. The molecule has 0 amide bonds. The molecule has 35 heavy (non-hydrogen) atoms. The Bertz CT molecular complexity index is 1210. The summed E-state index contributed by atoms with van der Waals surface area (Å²) in [5, 5.41) is 10.5. The Morgan fingerprint density at radius 3 is 1.89 bits per heavy atom. The molecule has 1 aliphatic rings. The molecular weight excluding hydrogens is 474 g/mol. The number of rotatable bonds is 5. The van der Waals surface area contributed by atoms with Crippen LogP contribution in [0.4, 0.5) is 26.3 Å². The molecule has 0 saturated carbocycles. The van der Waals surface area contributed by atoms with Crippen molar-refractivity contribution >= 4 is 11.8 Å². The number of nitrogens with zero attached hydrogens (tertiary/aromatic N) is 1. The first kappa shape index (κ1) is 25.8. The minimum Gasteiger partial charge on any atom is -0.475 e. The number of carbonyl (C=O) groups is 1. The summed E-state index contributed by atoms with van der Waals surface area (Å²) in [5.74, 6) is -2.95. The fourth-order valence-corrected chi connectivity index (χ4v) is 3.55. The van der Waals surface area contributed by atoms with Gasteiger partial charge in [-0.15, -0.1) is 0 Å². The van der Waals surface area contributed by atoms with E-state index in [0.717, 1.165) is 22.5 Å². The van der Waals surface area contributed by atoms with Crippen molar-refractivity contribution in [2.75, 3.05) is 0 Å². The normalized spacial score (nSPS) is 17.1. The Balaban J connectivity index is 0.000000429. The highest BCUT2D eigenvalue weighted by molar-refractivity contribution is 5.85. The van der Waals surface area contributed by atoms with Crippen LogP contribution in [0.15, 0.2) is 77.8 Å². The van der Waals surface area contributed by atoms with Gasteiger partial charge < -0.3 is 10.4 Å². The Kier molecular flexibility index (Phi) is 8.16. The zero-order chi connectivity index (χ0) is 25.6. The summed E-state index contributed by atoms with van der Waals surface area (Å²) in [6, 6.07) is 18.5. The van der Waals surface area contributed by atoms with E-state index >= 15 is 0 Å². The molecule has 1 aliphatic heterocycles. The largest absolute Gasteiger partial charge is 0.490 e. The Labute approximate surface area is 196 Å². The highest BCUT2D eigenvalue weighted by Gasteiger charge is 2.38. The molecule has 3 aromatic rings. The first-order valence-electron chi connectivity index (χ1n) is 10.4. The van der Waals surface area contributed by atoms with Crippen molar-refractivity contribution < 1.29 is 36.2 Å². The zero-order valence-corrected chi connectivity index (χ0v) is 18.1. The minimum absolute atomic E-state index is 0.269. The first-order valence-corrected chi connectivity index (χ1v) is 10.4. The van der Waals surface area contributed by atoms with Crippen molar-refractivity contribution in [1.29, 1.82) is 0 Å². The second-order valence-electron chi connectivity index (χ2n) is 7.69. The topological polar surface area (TPSA) is 61.7 Å². The maximum Gasteiger partial charge on any atom is 0.490 e. The number of halogens is 6. The lowest BCUT2D eigenvalue weighted by Crippen LogP contribution is -2.24. The Morgan fingerprint density at radius 1 is 0.829 bits per heavy atom. The molecule has 0 aliphatic carbocycles. The summed E-state index contributed by atoms with van der Waals surface area (Å²) in [5.41, 5.74) is 2.35. The summed E-state index contributed by atoms with van der Waals surface area (Å²) >= 11 is 0. The average molecular weight is 494 g/mol. The number of aliphatic carboxylic acids is 1. The van der Waals surface area contributed by atoms with Crippen LogP contribution in [0.5, 0.6) is 0 Å². The van der Waals surface area contributed by atoms with Gasteiger partial charge in [0.2, 0.25) is 0 Å². The molecule has 0 saturated heterocycles. The Morgan fingerprint density at radius 2 is 1.34 bits per heavy atom. The quantitative estimate of drug-likeness (QED) is 0.418. The van der Waals surface area contributed by atoms with Gasteiger partial charge in [0.1, 0.15) is 23.5 Å². The summed E-state index contributed by atoms with van der Waals surface area (Å²) in [7, 11) is 0. The van der Waals surface area contributed by atoms with Gasteiger partial charge in [0, 0.05) is 6.42 Å². The number of hydrogen-bond acceptors (Lipinski definition) is 3. The van der Waals surface area contributed by atoms with Crippen LogP contribution < -0.4 is 5.32 Å². The Hall–Kier alpha value is -3.82. The molecule has 10 heteroatoms. The van der Waals surface area contributed by atoms with Crippen molar-refractivity contribution in [3.8, 4) is 0 Å². The van der Waals surface area contributed by atoms with Crippen LogP contribution in [-0.2, 0) is 11.2 Å². The number of nitrogens with one attached hydrogen (secondary N) is 1. The van der Waals surface area contributed by atoms with Gasteiger partial charge in [0.15, 0.2) is 0 Å². The fraction of sp³-hybridized carbons (Fsp3) is 0.200. The average Bonchev–Trinajstić information content (AvgIpc) is 3.22. The number of carboxylic acids is 1. The van der Waals surface area contributed by atoms with E-state index < -0.39 is 12.1 Å². The van der Waals surface area contributed by atoms with Crippen molar-refractivity contribution in [3.63, 3.8) is 0 Å². The highest BCUT2D eigenvalue weighted by atomic mass is 19.4.